The smallest absolute Gasteiger partial charge is 0.304 e. The van der Waals surface area contributed by atoms with E-state index in [-0.39, 0.29) is 12.5 Å². The van der Waals surface area contributed by atoms with E-state index in [1.807, 2.05) is 6.92 Å². The fourth-order valence-electron chi connectivity index (χ4n) is 0.886. The van der Waals surface area contributed by atoms with Gasteiger partial charge in [0.25, 0.3) is 0 Å². The molecule has 1 N–H and O–H groups in total. The Morgan fingerprint density at radius 3 is 2.46 bits per heavy atom. The Morgan fingerprint density at radius 2 is 2.08 bits per heavy atom. The van der Waals surface area contributed by atoms with Gasteiger partial charge in [0.1, 0.15) is 0 Å². The predicted molar refractivity (Wildman–Crippen MR) is 46.2 cm³/mol. The third-order valence-electron chi connectivity index (χ3n) is 1.64. The van der Waals surface area contributed by atoms with Crippen LogP contribution in [-0.2, 0) is 0 Å². The summed E-state index contributed by atoms with van der Waals surface area (Å²) in [5, 5.41) is 2.86. The van der Waals surface area contributed by atoms with E-state index in [9.17, 15) is 13.2 Å². The number of alkyl halides is 3. The Bertz CT molecular complexity index is 169. The molecule has 0 aliphatic rings. The third-order valence-corrected chi connectivity index (χ3v) is 1.64. The average Bonchev–Trinajstić information content (AvgIpc) is 2.03. The normalized spacial score (nSPS) is 13.8. The van der Waals surface area contributed by atoms with Crippen LogP contribution in [0.3, 0.4) is 0 Å². The first kappa shape index (κ1) is 12.3. The van der Waals surface area contributed by atoms with Gasteiger partial charge in [0.05, 0.1) is 6.04 Å². The average molecular weight is 193 g/mol. The van der Waals surface area contributed by atoms with E-state index in [1.54, 1.807) is 0 Å². The minimum Gasteiger partial charge on any atom is -0.304 e. The zero-order valence-electron chi connectivity index (χ0n) is 7.62. The van der Waals surface area contributed by atoms with E-state index in [0.717, 1.165) is 6.42 Å². The highest BCUT2D eigenvalue weighted by atomic mass is 19.4. The molecule has 0 aromatic heterocycles. The van der Waals surface area contributed by atoms with Crippen molar-refractivity contribution in [3.63, 3.8) is 0 Å². The summed E-state index contributed by atoms with van der Waals surface area (Å²) in [6.07, 6.45) is 1.14. The van der Waals surface area contributed by atoms with E-state index in [4.69, 9.17) is 6.42 Å². The Hall–Kier alpha value is -0.690. The number of rotatable bonds is 5. The van der Waals surface area contributed by atoms with Gasteiger partial charge in [-0.25, -0.2) is 0 Å². The first-order chi connectivity index (χ1) is 5.99. The van der Waals surface area contributed by atoms with E-state index in [2.05, 4.69) is 11.2 Å². The monoisotopic (exact) mass is 193 g/mol. The quantitative estimate of drug-likeness (QED) is 0.522. The molecule has 0 aliphatic heterocycles. The fraction of sp³-hybridized carbons (Fsp3) is 0.778. The van der Waals surface area contributed by atoms with Gasteiger partial charge in [-0.2, -0.15) is 13.2 Å². The van der Waals surface area contributed by atoms with Gasteiger partial charge >= 0.3 is 6.18 Å². The van der Waals surface area contributed by atoms with E-state index in [0.29, 0.717) is 6.54 Å². The molecule has 1 nitrogen and oxygen atoms in total. The van der Waals surface area contributed by atoms with Crippen LogP contribution in [0.5, 0.6) is 0 Å². The Kier molecular flexibility index (Phi) is 5.56. The van der Waals surface area contributed by atoms with Crippen molar-refractivity contribution in [2.75, 3.05) is 6.54 Å². The Morgan fingerprint density at radius 1 is 1.46 bits per heavy atom. The van der Waals surface area contributed by atoms with E-state index >= 15 is 0 Å². The summed E-state index contributed by atoms with van der Waals surface area (Å²) in [7, 11) is 0. The minimum absolute atomic E-state index is 0.0850. The summed E-state index contributed by atoms with van der Waals surface area (Å²) < 4.78 is 35.0. The SMILES string of the molecule is C#CC(CC)NCCCC(F)(F)F. The van der Waals surface area contributed by atoms with Crippen molar-refractivity contribution in [2.24, 2.45) is 0 Å². The maximum atomic E-state index is 11.7. The van der Waals surface area contributed by atoms with Gasteiger partial charge in [0.15, 0.2) is 0 Å². The first-order valence-corrected chi connectivity index (χ1v) is 4.26. The van der Waals surface area contributed by atoms with Crippen molar-refractivity contribution in [2.45, 2.75) is 38.4 Å². The van der Waals surface area contributed by atoms with Crippen LogP contribution in [0.25, 0.3) is 0 Å². The van der Waals surface area contributed by atoms with Crippen LogP contribution in [-0.4, -0.2) is 18.8 Å². The second kappa shape index (κ2) is 5.87. The largest absolute Gasteiger partial charge is 0.389 e. The molecule has 76 valence electrons. The molecular weight excluding hydrogens is 179 g/mol. The topological polar surface area (TPSA) is 12.0 Å². The number of hydrogen-bond donors (Lipinski definition) is 1. The summed E-state index contributed by atoms with van der Waals surface area (Å²) in [5.41, 5.74) is 0. The van der Waals surface area contributed by atoms with Gasteiger partial charge in [-0.3, -0.25) is 0 Å². The van der Waals surface area contributed by atoms with Gasteiger partial charge in [-0.1, -0.05) is 12.8 Å². The van der Waals surface area contributed by atoms with Crippen molar-refractivity contribution in [1.29, 1.82) is 0 Å². The molecule has 0 aromatic rings. The summed E-state index contributed by atoms with van der Waals surface area (Å²) in [6, 6.07) is -0.103. The molecule has 0 saturated heterocycles. The summed E-state index contributed by atoms with van der Waals surface area (Å²) in [4.78, 5) is 0. The summed E-state index contributed by atoms with van der Waals surface area (Å²) in [6.45, 7) is 2.21. The molecule has 4 heteroatoms. The molecule has 0 rings (SSSR count). The maximum Gasteiger partial charge on any atom is 0.389 e. The molecule has 0 fully saturated rings. The zero-order chi connectivity index (χ0) is 10.3. The lowest BCUT2D eigenvalue weighted by atomic mass is 10.2. The number of halogens is 3. The van der Waals surface area contributed by atoms with E-state index < -0.39 is 12.6 Å². The van der Waals surface area contributed by atoms with Gasteiger partial charge in [-0.15, -0.1) is 6.42 Å². The molecule has 0 heterocycles. The number of nitrogens with one attached hydrogen (secondary N) is 1. The Balaban J connectivity index is 3.41. The number of terminal acetylenes is 1. The highest BCUT2D eigenvalue weighted by Gasteiger charge is 2.25. The van der Waals surface area contributed by atoms with Crippen molar-refractivity contribution in [1.82, 2.24) is 5.32 Å². The molecule has 1 unspecified atom stereocenters. The van der Waals surface area contributed by atoms with Crippen LogP contribution in [0.4, 0.5) is 13.2 Å². The number of hydrogen-bond acceptors (Lipinski definition) is 1. The molecule has 0 bridgehead atoms. The molecule has 0 amide bonds. The lowest BCUT2D eigenvalue weighted by molar-refractivity contribution is -0.135. The van der Waals surface area contributed by atoms with E-state index in [1.165, 1.54) is 0 Å². The van der Waals surface area contributed by atoms with Crippen molar-refractivity contribution < 1.29 is 13.2 Å². The molecule has 0 spiro atoms. The van der Waals surface area contributed by atoms with Crippen molar-refractivity contribution in [3.05, 3.63) is 0 Å². The molecule has 0 radical (unpaired) electrons. The molecular formula is C9H14F3N. The van der Waals surface area contributed by atoms with Gasteiger partial charge in [0.2, 0.25) is 0 Å². The summed E-state index contributed by atoms with van der Waals surface area (Å²) in [5.74, 6) is 2.46. The van der Waals surface area contributed by atoms with Crippen molar-refractivity contribution >= 4 is 0 Å². The second-order valence-corrected chi connectivity index (χ2v) is 2.80. The van der Waals surface area contributed by atoms with Crippen LogP contribution < -0.4 is 5.32 Å². The van der Waals surface area contributed by atoms with Gasteiger partial charge < -0.3 is 5.32 Å². The van der Waals surface area contributed by atoms with Crippen LogP contribution in [0.15, 0.2) is 0 Å². The van der Waals surface area contributed by atoms with Crippen LogP contribution >= 0.6 is 0 Å². The van der Waals surface area contributed by atoms with Crippen LogP contribution in [0.2, 0.25) is 0 Å². The maximum absolute atomic E-state index is 11.7. The van der Waals surface area contributed by atoms with Crippen molar-refractivity contribution in [3.8, 4) is 12.3 Å². The highest BCUT2D eigenvalue weighted by Crippen LogP contribution is 2.20. The summed E-state index contributed by atoms with van der Waals surface area (Å²) >= 11 is 0. The van der Waals surface area contributed by atoms with Crippen LogP contribution in [0.1, 0.15) is 26.2 Å². The zero-order valence-corrected chi connectivity index (χ0v) is 7.62. The lowest BCUT2D eigenvalue weighted by Gasteiger charge is -2.11. The highest BCUT2D eigenvalue weighted by molar-refractivity contribution is 4.97. The molecule has 1 atom stereocenters. The fourth-order valence-corrected chi connectivity index (χ4v) is 0.886. The van der Waals surface area contributed by atoms with Gasteiger partial charge in [-0.05, 0) is 19.4 Å². The third kappa shape index (κ3) is 7.66. The second-order valence-electron chi connectivity index (χ2n) is 2.80. The first-order valence-electron chi connectivity index (χ1n) is 4.26. The standard InChI is InChI=1S/C9H14F3N/c1-3-8(4-2)13-7-5-6-9(10,11)12/h1,8,13H,4-7H2,2H3. The molecule has 0 aromatic carbocycles. The Labute approximate surface area is 76.7 Å². The molecule has 0 saturated carbocycles. The van der Waals surface area contributed by atoms with Crippen LogP contribution in [0, 0.1) is 12.3 Å². The lowest BCUT2D eigenvalue weighted by Crippen LogP contribution is -2.28. The minimum atomic E-state index is -4.06. The predicted octanol–water partition coefficient (Wildman–Crippen LogP) is 2.33. The molecule has 13 heavy (non-hydrogen) atoms. The molecule has 0 aliphatic carbocycles. The van der Waals surface area contributed by atoms with Gasteiger partial charge in [0, 0.05) is 6.42 Å².